The number of aromatic nitrogens is 1. The number of esters is 1. The summed E-state index contributed by atoms with van der Waals surface area (Å²) in [7, 11) is -4.25. The lowest BCUT2D eigenvalue weighted by molar-refractivity contribution is -0.154. The van der Waals surface area contributed by atoms with E-state index in [9.17, 15) is 18.0 Å². The number of carbonyl (C=O) groups excluding carboxylic acids is 2. The molecule has 0 saturated carbocycles. The first-order chi connectivity index (χ1) is 11.0. The zero-order valence-corrected chi connectivity index (χ0v) is 15.3. The van der Waals surface area contributed by atoms with E-state index in [1.807, 2.05) is 0 Å². The molecule has 0 radical (unpaired) electrons. The molecule has 0 bridgehead atoms. The second kappa shape index (κ2) is 6.44. The molecule has 0 aliphatic carbocycles. The van der Waals surface area contributed by atoms with Gasteiger partial charge in [0, 0.05) is 18.5 Å². The van der Waals surface area contributed by atoms with Crippen molar-refractivity contribution in [3.63, 3.8) is 0 Å². The van der Waals surface area contributed by atoms with E-state index in [0.717, 1.165) is 0 Å². The number of carbonyl (C=O) groups is 2. The summed E-state index contributed by atoms with van der Waals surface area (Å²) in [6.07, 6.45) is 2.82. The van der Waals surface area contributed by atoms with Crippen molar-refractivity contribution in [1.29, 1.82) is 0 Å². The van der Waals surface area contributed by atoms with E-state index in [2.05, 4.69) is 9.38 Å². The normalized spacial score (nSPS) is 17.1. The SMILES string of the molecule is CC(=O)C1=CC(c2nccs2)=NS(=O)(=O)N1CC(=O)OC(C)(C)C. The lowest BCUT2D eigenvalue weighted by Crippen LogP contribution is -2.41. The second-order valence-electron chi connectivity index (χ2n) is 5.97. The van der Waals surface area contributed by atoms with Crippen molar-refractivity contribution in [1.82, 2.24) is 9.29 Å². The van der Waals surface area contributed by atoms with Gasteiger partial charge in [0.15, 0.2) is 5.78 Å². The van der Waals surface area contributed by atoms with Crippen LogP contribution in [0, 0.1) is 0 Å². The smallest absolute Gasteiger partial charge is 0.346 e. The summed E-state index contributed by atoms with van der Waals surface area (Å²) in [6.45, 7) is 5.58. The van der Waals surface area contributed by atoms with Gasteiger partial charge in [-0.25, -0.2) is 9.29 Å². The van der Waals surface area contributed by atoms with Crippen LogP contribution in [-0.4, -0.2) is 47.3 Å². The zero-order valence-electron chi connectivity index (χ0n) is 13.6. The maximum atomic E-state index is 12.4. The Balaban J connectivity index is 2.37. The molecule has 0 unspecified atom stereocenters. The number of Topliss-reactive ketones (excluding diaryl/α,β-unsaturated/α-hetero) is 1. The molecular weight excluding hydrogens is 354 g/mol. The molecule has 1 aliphatic heterocycles. The number of hydrogen-bond acceptors (Lipinski definition) is 7. The molecule has 0 aromatic carbocycles. The van der Waals surface area contributed by atoms with E-state index in [4.69, 9.17) is 4.74 Å². The highest BCUT2D eigenvalue weighted by Crippen LogP contribution is 2.23. The van der Waals surface area contributed by atoms with Crippen LogP contribution in [0.1, 0.15) is 32.7 Å². The highest BCUT2D eigenvalue weighted by Gasteiger charge is 2.34. The molecule has 0 spiro atoms. The topological polar surface area (TPSA) is 106 Å². The molecule has 1 aromatic rings. The van der Waals surface area contributed by atoms with Gasteiger partial charge in [0.05, 0.1) is 5.70 Å². The van der Waals surface area contributed by atoms with E-state index in [-0.39, 0.29) is 11.4 Å². The van der Waals surface area contributed by atoms with Gasteiger partial charge in [-0.2, -0.15) is 8.42 Å². The molecule has 24 heavy (non-hydrogen) atoms. The van der Waals surface area contributed by atoms with E-state index < -0.39 is 34.1 Å². The Bertz CT molecular complexity index is 817. The molecule has 8 nitrogen and oxygen atoms in total. The lowest BCUT2D eigenvalue weighted by Gasteiger charge is -2.27. The van der Waals surface area contributed by atoms with Crippen LogP contribution in [0.5, 0.6) is 0 Å². The monoisotopic (exact) mass is 371 g/mol. The third-order valence-corrected chi connectivity index (χ3v) is 4.85. The summed E-state index contributed by atoms with van der Waals surface area (Å²) in [5.74, 6) is -1.28. The van der Waals surface area contributed by atoms with Crippen LogP contribution in [0.3, 0.4) is 0 Å². The molecule has 0 saturated heterocycles. The fraction of sp³-hybridized carbons (Fsp3) is 0.429. The summed E-state index contributed by atoms with van der Waals surface area (Å²) in [4.78, 5) is 27.8. The molecule has 130 valence electrons. The maximum Gasteiger partial charge on any atom is 0.346 e. The summed E-state index contributed by atoms with van der Waals surface area (Å²) >= 11 is 1.19. The quantitative estimate of drug-likeness (QED) is 0.739. The van der Waals surface area contributed by atoms with Gasteiger partial charge < -0.3 is 4.74 Å². The molecule has 1 aromatic heterocycles. The molecule has 2 heterocycles. The largest absolute Gasteiger partial charge is 0.459 e. The molecule has 0 N–H and O–H groups in total. The number of ether oxygens (including phenoxy) is 1. The van der Waals surface area contributed by atoms with Crippen molar-refractivity contribution in [2.24, 2.45) is 4.40 Å². The predicted octanol–water partition coefficient (Wildman–Crippen LogP) is 1.31. The zero-order chi connectivity index (χ0) is 18.1. The van der Waals surface area contributed by atoms with Gasteiger partial charge in [-0.3, -0.25) is 9.59 Å². The van der Waals surface area contributed by atoms with Gasteiger partial charge in [0.1, 0.15) is 22.9 Å². The predicted molar refractivity (Wildman–Crippen MR) is 88.9 cm³/mol. The number of thiazole rings is 1. The lowest BCUT2D eigenvalue weighted by atomic mass is 10.2. The van der Waals surface area contributed by atoms with E-state index in [0.29, 0.717) is 9.31 Å². The minimum atomic E-state index is -4.25. The minimum Gasteiger partial charge on any atom is -0.459 e. The van der Waals surface area contributed by atoms with Crippen LogP contribution in [-0.2, 0) is 24.5 Å². The Morgan fingerprint density at radius 3 is 2.50 bits per heavy atom. The Labute approximate surface area is 144 Å². The number of nitrogens with zero attached hydrogens (tertiary/aromatic N) is 3. The molecule has 0 atom stereocenters. The van der Waals surface area contributed by atoms with Gasteiger partial charge in [0.25, 0.3) is 0 Å². The molecule has 10 heteroatoms. The molecule has 2 rings (SSSR count). The first kappa shape index (κ1) is 18.3. The summed E-state index contributed by atoms with van der Waals surface area (Å²) in [5, 5.41) is 2.04. The molecule has 0 amide bonds. The van der Waals surface area contributed by atoms with Gasteiger partial charge in [0.2, 0.25) is 0 Å². The van der Waals surface area contributed by atoms with Crippen molar-refractivity contribution >= 4 is 39.0 Å². The summed E-state index contributed by atoms with van der Waals surface area (Å²) in [5.41, 5.74) is -0.858. The Morgan fingerprint density at radius 1 is 1.33 bits per heavy atom. The minimum absolute atomic E-state index is 0.0654. The Hall–Kier alpha value is -2.07. The fourth-order valence-electron chi connectivity index (χ4n) is 1.91. The molecule has 1 aliphatic rings. The summed E-state index contributed by atoms with van der Waals surface area (Å²) < 4.78 is 34.3. The fourth-order valence-corrected chi connectivity index (χ4v) is 3.75. The maximum absolute atomic E-state index is 12.4. The van der Waals surface area contributed by atoms with Crippen molar-refractivity contribution in [2.45, 2.75) is 33.3 Å². The van der Waals surface area contributed by atoms with Crippen LogP contribution >= 0.6 is 11.3 Å². The van der Waals surface area contributed by atoms with E-state index in [1.54, 1.807) is 26.2 Å². The first-order valence-electron chi connectivity index (χ1n) is 6.96. The van der Waals surface area contributed by atoms with Crippen molar-refractivity contribution in [3.05, 3.63) is 28.4 Å². The Kier molecular flexibility index (Phi) is 4.90. The third kappa shape index (κ3) is 4.26. The van der Waals surface area contributed by atoms with Crippen molar-refractivity contribution in [2.75, 3.05) is 6.54 Å². The highest BCUT2D eigenvalue weighted by molar-refractivity contribution is 7.88. The number of allylic oxidation sites excluding steroid dienone is 2. The number of hydrogen-bond donors (Lipinski definition) is 0. The van der Waals surface area contributed by atoms with Crippen LogP contribution in [0.25, 0.3) is 0 Å². The van der Waals surface area contributed by atoms with Crippen LogP contribution in [0.15, 0.2) is 27.7 Å². The average Bonchev–Trinajstić information content (AvgIpc) is 2.91. The molecular formula is C14H17N3O5S2. The number of rotatable bonds is 4. The Morgan fingerprint density at radius 2 is 2.00 bits per heavy atom. The van der Waals surface area contributed by atoms with Crippen molar-refractivity contribution in [3.8, 4) is 0 Å². The summed E-state index contributed by atoms with van der Waals surface area (Å²) in [6, 6.07) is 0. The molecule has 0 fully saturated rings. The van der Waals surface area contributed by atoms with Crippen molar-refractivity contribution < 1.29 is 22.7 Å². The van der Waals surface area contributed by atoms with Gasteiger partial charge in [-0.15, -0.1) is 15.7 Å². The van der Waals surface area contributed by atoms with Gasteiger partial charge >= 0.3 is 16.2 Å². The van der Waals surface area contributed by atoms with Gasteiger partial charge in [-0.1, -0.05) is 0 Å². The standard InChI is InChI=1S/C14H17N3O5S2/c1-9(18)11-7-10(13-15-5-6-23-13)16-24(20,21)17(11)8-12(19)22-14(2,3)4/h5-7H,8H2,1-4H3. The highest BCUT2D eigenvalue weighted by atomic mass is 32.2. The second-order valence-corrected chi connectivity index (χ2v) is 8.38. The van der Waals surface area contributed by atoms with E-state index in [1.165, 1.54) is 30.5 Å². The van der Waals surface area contributed by atoms with Gasteiger partial charge in [-0.05, 0) is 26.8 Å². The van der Waals surface area contributed by atoms with Crippen LogP contribution < -0.4 is 0 Å². The number of ketones is 1. The average molecular weight is 371 g/mol. The van der Waals surface area contributed by atoms with Crippen LogP contribution in [0.4, 0.5) is 0 Å². The van der Waals surface area contributed by atoms with E-state index >= 15 is 0 Å². The third-order valence-electron chi connectivity index (χ3n) is 2.74. The van der Waals surface area contributed by atoms with Crippen LogP contribution in [0.2, 0.25) is 0 Å². The first-order valence-corrected chi connectivity index (χ1v) is 9.24.